The lowest BCUT2D eigenvalue weighted by Crippen LogP contribution is -2.82. The minimum atomic E-state index is -1.49. The highest BCUT2D eigenvalue weighted by atomic mass is 29.6. The largest absolute Gasteiger partial charge is 0.0777 e. The summed E-state index contributed by atoms with van der Waals surface area (Å²) in [5, 5.41) is 0. The zero-order valence-corrected chi connectivity index (χ0v) is 24.4. The molecule has 1 heterocycles. The van der Waals surface area contributed by atoms with Crippen LogP contribution in [0, 0.1) is 0 Å². The van der Waals surface area contributed by atoms with E-state index in [1.165, 1.54) is 0 Å². The molecule has 0 saturated carbocycles. The summed E-state index contributed by atoms with van der Waals surface area (Å²) in [7, 11) is -4.48. The summed E-state index contributed by atoms with van der Waals surface area (Å²) in [6.45, 7) is 36.7. The quantitative estimate of drug-likeness (QED) is 0.269. The maximum Gasteiger partial charge on any atom is 0.0535 e. The second kappa shape index (κ2) is 8.63. The van der Waals surface area contributed by atoms with Crippen LogP contribution in [0.5, 0.6) is 0 Å². The zero-order chi connectivity index (χ0) is 21.5. The summed E-state index contributed by atoms with van der Waals surface area (Å²) in [5.74, 6) is 0. The van der Waals surface area contributed by atoms with Crippen molar-refractivity contribution in [2.24, 2.45) is 0 Å². The summed E-state index contributed by atoms with van der Waals surface area (Å²) in [5.41, 5.74) is 9.06. The number of allylic oxidation sites excluding steroid dienone is 2. The van der Waals surface area contributed by atoms with Crippen molar-refractivity contribution in [3.63, 3.8) is 0 Å². The SMILES string of the molecule is CC1=C(C)C[Si]([Si](C(C)C)(C(C)C)C(C)C)([Si](C(C)C)(C(C)C)C(C)C)C1. The van der Waals surface area contributed by atoms with Gasteiger partial charge in [-0.05, 0) is 25.9 Å². The first-order valence-electron chi connectivity index (χ1n) is 11.8. The highest BCUT2D eigenvalue weighted by Crippen LogP contribution is 2.63. The average Bonchev–Trinajstić information content (AvgIpc) is 2.73. The molecule has 0 radical (unpaired) electrons. The van der Waals surface area contributed by atoms with Crippen LogP contribution in [0.15, 0.2) is 11.1 Å². The Hall–Kier alpha value is 0.391. The van der Waals surface area contributed by atoms with E-state index in [-0.39, 0.29) is 0 Å². The van der Waals surface area contributed by atoms with Gasteiger partial charge in [0.15, 0.2) is 0 Å². The van der Waals surface area contributed by atoms with Gasteiger partial charge in [-0.25, -0.2) is 0 Å². The number of hydrogen-bond acceptors (Lipinski definition) is 0. The van der Waals surface area contributed by atoms with Crippen molar-refractivity contribution in [3.05, 3.63) is 11.1 Å². The van der Waals surface area contributed by atoms with Crippen LogP contribution in [0.2, 0.25) is 45.3 Å². The summed E-state index contributed by atoms with van der Waals surface area (Å²) in [6.07, 6.45) is 0. The van der Waals surface area contributed by atoms with E-state index in [0.717, 1.165) is 33.2 Å². The molecule has 0 fully saturated rings. The lowest BCUT2D eigenvalue weighted by molar-refractivity contribution is 0.822. The molecule has 0 bridgehead atoms. The molecule has 1 rings (SSSR count). The van der Waals surface area contributed by atoms with Gasteiger partial charge < -0.3 is 0 Å². The van der Waals surface area contributed by atoms with Crippen LogP contribution >= 0.6 is 0 Å². The van der Waals surface area contributed by atoms with Crippen LogP contribution in [0.1, 0.15) is 96.9 Å². The van der Waals surface area contributed by atoms with Crippen molar-refractivity contribution < 1.29 is 0 Å². The monoisotopic (exact) mass is 424 g/mol. The van der Waals surface area contributed by atoms with E-state index in [2.05, 4.69) is 96.9 Å². The molecule has 0 saturated heterocycles. The Morgan fingerprint density at radius 1 is 0.481 bits per heavy atom. The third-order valence-electron chi connectivity index (χ3n) is 9.25. The lowest BCUT2D eigenvalue weighted by atomic mass is 10.2. The molecule has 0 atom stereocenters. The molecule has 3 heteroatoms. The van der Waals surface area contributed by atoms with Gasteiger partial charge in [0.05, 0.1) is 22.3 Å². The summed E-state index contributed by atoms with van der Waals surface area (Å²) in [4.78, 5) is 0. The van der Waals surface area contributed by atoms with Gasteiger partial charge in [0.1, 0.15) is 0 Å². The van der Waals surface area contributed by atoms with E-state index < -0.39 is 22.3 Å². The normalized spacial score (nSPS) is 19.1. The molecule has 1 aliphatic rings. The molecule has 0 aromatic carbocycles. The van der Waals surface area contributed by atoms with Crippen LogP contribution < -0.4 is 0 Å². The third-order valence-corrected chi connectivity index (χ3v) is 56.6. The van der Waals surface area contributed by atoms with E-state index in [0.29, 0.717) is 0 Å². The summed E-state index contributed by atoms with van der Waals surface area (Å²) in [6, 6.07) is 3.11. The van der Waals surface area contributed by atoms with Gasteiger partial charge >= 0.3 is 0 Å². The second-order valence-electron chi connectivity index (χ2n) is 11.8. The minimum absolute atomic E-state index is 0.908. The number of hydrogen-bond donors (Lipinski definition) is 0. The molecule has 0 spiro atoms. The van der Waals surface area contributed by atoms with E-state index in [1.807, 2.05) is 0 Å². The molecule has 0 amide bonds. The first kappa shape index (κ1) is 25.4. The third kappa shape index (κ3) is 3.36. The molecule has 0 unspecified atom stereocenters. The fourth-order valence-electron chi connectivity index (χ4n) is 9.57. The van der Waals surface area contributed by atoms with Crippen LogP contribution in [0.25, 0.3) is 0 Å². The average molecular weight is 425 g/mol. The Balaban J connectivity index is 4.11. The Labute approximate surface area is 175 Å². The van der Waals surface area contributed by atoms with Gasteiger partial charge in [-0.3, -0.25) is 0 Å². The Bertz CT molecular complexity index is 446. The highest BCUT2D eigenvalue weighted by molar-refractivity contribution is 7.71. The van der Waals surface area contributed by atoms with Gasteiger partial charge in [0, 0.05) is 0 Å². The molecule has 160 valence electrons. The molecular formula is C24H52Si3. The van der Waals surface area contributed by atoms with Crippen molar-refractivity contribution in [2.75, 3.05) is 0 Å². The van der Waals surface area contributed by atoms with E-state index >= 15 is 0 Å². The molecule has 0 nitrogen and oxygen atoms in total. The Morgan fingerprint density at radius 3 is 0.815 bits per heavy atom. The van der Waals surface area contributed by atoms with Crippen LogP contribution in [0.4, 0.5) is 0 Å². The standard InChI is InChI=1S/C24H52Si3/c1-17(2)26(18(3)4,19(5)6)25(15-23(13)24(14)16-25)27(20(7)8,21(9)10)22(11)12/h17-22H,15-16H2,1-14H3. The van der Waals surface area contributed by atoms with Crippen LogP contribution in [-0.4, -0.2) is 22.3 Å². The highest BCUT2D eigenvalue weighted by Gasteiger charge is 2.71. The Morgan fingerprint density at radius 2 is 0.667 bits per heavy atom. The summed E-state index contributed by atoms with van der Waals surface area (Å²) >= 11 is 0. The molecule has 0 N–H and O–H groups in total. The molecule has 0 aromatic rings. The van der Waals surface area contributed by atoms with Crippen molar-refractivity contribution >= 4 is 22.3 Å². The predicted molar refractivity (Wildman–Crippen MR) is 136 cm³/mol. The number of rotatable bonds is 8. The smallest absolute Gasteiger partial charge is 0.0535 e. The molecule has 27 heavy (non-hydrogen) atoms. The lowest BCUT2D eigenvalue weighted by Gasteiger charge is -2.66. The van der Waals surface area contributed by atoms with Crippen molar-refractivity contribution in [1.82, 2.24) is 0 Å². The first-order chi connectivity index (χ1) is 12.2. The van der Waals surface area contributed by atoms with Crippen LogP contribution in [-0.2, 0) is 0 Å². The van der Waals surface area contributed by atoms with Gasteiger partial charge in [0.25, 0.3) is 0 Å². The minimum Gasteiger partial charge on any atom is -0.0777 e. The summed E-state index contributed by atoms with van der Waals surface area (Å²) < 4.78 is 0. The van der Waals surface area contributed by atoms with Gasteiger partial charge in [-0.1, -0.05) is 127 Å². The molecule has 1 aliphatic heterocycles. The van der Waals surface area contributed by atoms with Crippen molar-refractivity contribution in [1.29, 1.82) is 0 Å². The van der Waals surface area contributed by atoms with Gasteiger partial charge in [0.2, 0.25) is 0 Å². The second-order valence-corrected chi connectivity index (χ2v) is 37.8. The predicted octanol–water partition coefficient (Wildman–Crippen LogP) is 9.30. The van der Waals surface area contributed by atoms with Crippen molar-refractivity contribution in [2.45, 2.75) is 142 Å². The topological polar surface area (TPSA) is 0 Å². The van der Waals surface area contributed by atoms with E-state index in [1.54, 1.807) is 23.2 Å². The first-order valence-corrected chi connectivity index (χ1v) is 20.7. The van der Waals surface area contributed by atoms with E-state index in [4.69, 9.17) is 0 Å². The molecular weight excluding hydrogens is 373 g/mol. The van der Waals surface area contributed by atoms with E-state index in [9.17, 15) is 0 Å². The van der Waals surface area contributed by atoms with Crippen LogP contribution in [0.3, 0.4) is 0 Å². The zero-order valence-electron chi connectivity index (χ0n) is 21.4. The molecule has 0 aliphatic carbocycles. The molecule has 0 aromatic heterocycles. The van der Waals surface area contributed by atoms with Gasteiger partial charge in [-0.2, -0.15) is 0 Å². The van der Waals surface area contributed by atoms with Crippen molar-refractivity contribution in [3.8, 4) is 0 Å². The maximum atomic E-state index is 2.64. The fourth-order valence-corrected chi connectivity index (χ4v) is 80.1. The Kier molecular flexibility index (Phi) is 8.13. The van der Waals surface area contributed by atoms with Gasteiger partial charge in [-0.15, -0.1) is 0 Å². The fraction of sp³-hybridized carbons (Fsp3) is 0.917. The maximum absolute atomic E-state index is 2.64.